The summed E-state index contributed by atoms with van der Waals surface area (Å²) in [6.07, 6.45) is -20.1. The molecule has 0 unspecified atom stereocenters. The predicted octanol–water partition coefficient (Wildman–Crippen LogP) is 16.9. The second-order valence-electron chi connectivity index (χ2n) is 38.1. The average molecular weight is 1920 g/mol. The highest BCUT2D eigenvalue weighted by Gasteiger charge is 2.72. The Morgan fingerprint density at radius 1 is 0.259 bits per heavy atom. The van der Waals surface area contributed by atoms with Gasteiger partial charge in [-0.1, -0.05) is 324 Å². The lowest BCUT2D eigenvalue weighted by Gasteiger charge is -2.62. The smallest absolute Gasteiger partial charge is 0.261 e. The topological polar surface area (TPSA) is 231 Å². The first kappa shape index (κ1) is 101. The molecule has 6 saturated heterocycles. The van der Waals surface area contributed by atoms with Crippen molar-refractivity contribution in [3.8, 4) is 0 Å². The molecule has 2 saturated carbocycles. The maximum atomic E-state index is 8.41. The molecular weight excluding hydrogens is 1790 g/mol. The van der Waals surface area contributed by atoms with Gasteiger partial charge in [0.05, 0.1) is 79.3 Å². The van der Waals surface area contributed by atoms with Crippen molar-refractivity contribution in [2.75, 3.05) is 62.0 Å². The molecule has 10 aromatic rings. The van der Waals surface area contributed by atoms with Gasteiger partial charge in [-0.25, -0.2) is 0 Å². The van der Waals surface area contributed by atoms with E-state index in [1.165, 1.54) is 0 Å². The lowest BCUT2D eigenvalue weighted by atomic mass is 9.83. The zero-order chi connectivity index (χ0) is 95.5. The van der Waals surface area contributed by atoms with Crippen molar-refractivity contribution in [2.24, 2.45) is 0 Å². The van der Waals surface area contributed by atoms with Crippen LogP contribution in [0.15, 0.2) is 303 Å². The van der Waals surface area contributed by atoms with Gasteiger partial charge in [-0.3, -0.25) is 0 Å². The van der Waals surface area contributed by atoms with Crippen LogP contribution in [0.25, 0.3) is 0 Å². The minimum atomic E-state index is -3.41. The van der Waals surface area contributed by atoms with Crippen LogP contribution in [0.4, 0.5) is 0 Å². The van der Waals surface area contributed by atoms with Crippen LogP contribution >= 0.6 is 0 Å². The molecule has 25 nitrogen and oxygen atoms in total. The van der Waals surface area contributed by atoms with Gasteiger partial charge in [-0.05, 0) is 85.6 Å². The Hall–Kier alpha value is -8.58. The normalized spacial score (nSPS) is 31.4. The third kappa shape index (κ3) is 22.8. The second kappa shape index (κ2) is 47.3. The van der Waals surface area contributed by atoms with E-state index in [1.54, 1.807) is 35.5 Å². The Bertz CT molecular complexity index is 5260. The fourth-order valence-corrected chi connectivity index (χ4v) is 25.8. The fourth-order valence-electron chi connectivity index (χ4n) is 21.3. The first-order valence-electron chi connectivity index (χ1n) is 49.1. The first-order chi connectivity index (χ1) is 68.2. The third-order valence-corrected chi connectivity index (χ3v) is 33.3. The Balaban J connectivity index is 0.827. The quantitative estimate of drug-likeness (QED) is 0.0323. The Kier molecular flexibility index (Phi) is 34.2. The van der Waals surface area contributed by atoms with Crippen molar-refractivity contribution in [1.29, 1.82) is 0 Å². The third-order valence-electron chi connectivity index (χ3n) is 28.3. The van der Waals surface area contributed by atoms with Gasteiger partial charge in [0.25, 0.3) is 8.32 Å². The Morgan fingerprint density at radius 2 is 0.504 bits per heavy atom. The summed E-state index contributed by atoms with van der Waals surface area (Å²) in [5, 5.41) is 1.64. The van der Waals surface area contributed by atoms with Gasteiger partial charge >= 0.3 is 0 Å². The maximum absolute atomic E-state index is 8.41. The largest absolute Gasteiger partial charge is 0.405 e. The zero-order valence-corrected chi connectivity index (χ0v) is 81.8. The molecule has 6 aliphatic heterocycles. The van der Waals surface area contributed by atoms with Gasteiger partial charge in [0.1, 0.15) is 97.7 Å². The van der Waals surface area contributed by atoms with Crippen LogP contribution < -0.4 is 10.4 Å². The van der Waals surface area contributed by atoms with E-state index < -0.39 is 159 Å². The molecule has 24 atom stereocenters. The summed E-state index contributed by atoms with van der Waals surface area (Å²) < 4.78 is 188. The maximum Gasteiger partial charge on any atom is 0.261 e. The molecule has 0 N–H and O–H groups in total. The van der Waals surface area contributed by atoms with Crippen molar-refractivity contribution in [1.82, 2.24) is 0 Å². The Morgan fingerprint density at radius 3 is 0.820 bits per heavy atom. The van der Waals surface area contributed by atoms with Gasteiger partial charge in [0.15, 0.2) is 25.2 Å². The second-order valence-corrected chi connectivity index (χ2v) is 42.4. The van der Waals surface area contributed by atoms with Crippen LogP contribution in [-0.2, 0) is 171 Å². The monoisotopic (exact) mass is 1920 g/mol. The molecule has 8 fully saturated rings. The number of hydrogen-bond donors (Lipinski definition) is 0. The molecule has 0 spiro atoms. The van der Waals surface area contributed by atoms with E-state index in [2.05, 4.69) is 69.3 Å². The molecule has 10 aromatic carbocycles. The van der Waals surface area contributed by atoms with E-state index in [9.17, 15) is 0 Å². The summed E-state index contributed by atoms with van der Waals surface area (Å²) in [5.74, 6) is -6.25. The lowest BCUT2D eigenvalue weighted by Crippen LogP contribution is -2.78. The molecule has 0 radical (unpaired) electrons. The van der Waals surface area contributed by atoms with Crippen LogP contribution in [0.2, 0.25) is 5.04 Å². The lowest BCUT2D eigenvalue weighted by molar-refractivity contribution is -0.516. The number of fused-ring (bicyclic) bond motifs is 4. The molecule has 139 heavy (non-hydrogen) atoms. The van der Waals surface area contributed by atoms with Crippen molar-refractivity contribution < 1.29 is 118 Å². The van der Waals surface area contributed by atoms with Crippen molar-refractivity contribution in [2.45, 2.75) is 276 Å². The SMILES string of the molecule is CO[C@H]1O[C@H](CO[Si](c2ccccc2)(c2ccccc2)C(C)(C)C)[C@@H](OCc2ccccc2)[C@H](O[C@H]2O[C@H](COCc3ccccc3)[C@H]3O[C@@]4(OC)CCCC[C@]4(OC)O[C@@H]3[C@@H]2O[C@H]2O[C@H](COCc3ccccc3)[C@H]3O[C@@]4(OC)CCCC[C@]4(OC)O[C@@H]3[C@@H]2O[C@H]2O[C@H](COCc3ccccc3)[C@@H](OCc3ccccc3)[C@H](OCc3ccccc3)[C@@H]2OCc2ccccc2)[C@@H]1OCc1ccccc1. The molecule has 2 aliphatic carbocycles. The van der Waals surface area contributed by atoms with Gasteiger partial charge in [-0.2, -0.15) is 0 Å². The molecule has 0 bridgehead atoms. The van der Waals surface area contributed by atoms with Crippen molar-refractivity contribution in [3.05, 3.63) is 348 Å². The summed E-state index contributed by atoms with van der Waals surface area (Å²) in [4.78, 5) is 0. The van der Waals surface area contributed by atoms with Gasteiger partial charge in [0, 0.05) is 61.2 Å². The van der Waals surface area contributed by atoms with Crippen LogP contribution in [0.5, 0.6) is 0 Å². The van der Waals surface area contributed by atoms with E-state index in [-0.39, 0.29) is 79.3 Å². The summed E-state index contributed by atoms with van der Waals surface area (Å²) >= 11 is 0. The number of methoxy groups -OCH3 is 5. The molecular formula is C113H134O25Si. The van der Waals surface area contributed by atoms with Crippen molar-refractivity contribution >= 4 is 18.7 Å². The molecule has 18 rings (SSSR count). The number of hydrogen-bond acceptors (Lipinski definition) is 25. The molecule has 8 aliphatic rings. The van der Waals surface area contributed by atoms with Crippen molar-refractivity contribution in [3.63, 3.8) is 0 Å². The van der Waals surface area contributed by atoms with E-state index >= 15 is 0 Å². The highest BCUT2D eigenvalue weighted by molar-refractivity contribution is 6.99. The summed E-state index contributed by atoms with van der Waals surface area (Å²) in [7, 11) is 4.70. The average Bonchev–Trinajstić information content (AvgIpc) is 0.709. The number of rotatable bonds is 43. The molecule has 740 valence electrons. The predicted molar refractivity (Wildman–Crippen MR) is 519 cm³/mol. The van der Waals surface area contributed by atoms with Gasteiger partial charge < -0.3 is 118 Å². The van der Waals surface area contributed by atoms with Crippen LogP contribution in [0.1, 0.15) is 117 Å². The molecule has 0 aromatic heterocycles. The highest BCUT2D eigenvalue weighted by atomic mass is 28.4. The molecule has 26 heteroatoms. The van der Waals surface area contributed by atoms with Crippen LogP contribution in [-0.4, -0.2) is 216 Å². The minimum Gasteiger partial charge on any atom is -0.405 e. The van der Waals surface area contributed by atoms with Gasteiger partial charge in [-0.15, -0.1) is 0 Å². The van der Waals surface area contributed by atoms with E-state index in [4.69, 9.17) is 118 Å². The van der Waals surface area contributed by atoms with Crippen LogP contribution in [0.3, 0.4) is 0 Å². The van der Waals surface area contributed by atoms with Crippen LogP contribution in [0, 0.1) is 0 Å². The Labute approximate surface area is 818 Å². The van der Waals surface area contributed by atoms with E-state index in [0.29, 0.717) is 51.4 Å². The highest BCUT2D eigenvalue weighted by Crippen LogP contribution is 2.56. The minimum absolute atomic E-state index is 0.0183. The molecule has 6 heterocycles. The summed E-state index contributed by atoms with van der Waals surface area (Å²) in [6.45, 7) is 7.59. The number of benzene rings is 10. The first-order valence-corrected chi connectivity index (χ1v) is 51.0. The van der Waals surface area contributed by atoms with E-state index in [1.807, 2.05) is 255 Å². The standard InChI is InChI=1S/C113H134O25Si/c1-109(2,3)139(87-59-35-17-36-60-87,88-61-37-18-38-62-88)127-78-92-94(123-71-83-51-27-13-28-52-83)98(102(105(114-4)128-92)126-74-86-57-33-16-34-58-86)132-107-103(99-95(90(130-107)76-120-68-80-45-21-10-22-46-80)135-110(115-5)63-39-41-65-112(110,117-7)137-99)134-108-104(100-96(91(131-108)77-121-69-81-47-23-11-24-48-81)136-111(116-6)64-40-42-66-113(111,118-8)138-100)133-106-101(125-73-85-55-31-15-32-56-85)97(124-72-84-53-29-14-30-54-84)93(122-70-82-49-25-12-26-50-82)89(129-106)75-119-67-79-43-19-9-20-44-79/h9-38,43-62,89-108H,39-42,63-78H2,1-8H3/t89-,90-,91-,92-,93-,94-,95-,96-,97+,98+,99+,100+,101+,102+,103+,104+,105+,106-,107-,108-,110+,111+,112+,113+/m1/s1. The summed E-state index contributed by atoms with van der Waals surface area (Å²) in [5.41, 5.74) is 7.19. The summed E-state index contributed by atoms with van der Waals surface area (Å²) in [6, 6.07) is 101. The van der Waals surface area contributed by atoms with E-state index in [0.717, 1.165) is 54.9 Å². The van der Waals surface area contributed by atoms with Gasteiger partial charge in [0.2, 0.25) is 23.1 Å². The fraction of sp³-hybridized carbons (Fsp3) is 0.469. The zero-order valence-electron chi connectivity index (χ0n) is 80.8. The number of ether oxygens (including phenoxy) is 24. The molecule has 0 amide bonds.